The quantitative estimate of drug-likeness (QED) is 0.873. The lowest BCUT2D eigenvalue weighted by Crippen LogP contribution is -2.30. The Morgan fingerprint density at radius 2 is 1.96 bits per heavy atom. The van der Waals surface area contributed by atoms with E-state index >= 15 is 0 Å². The Kier molecular flexibility index (Phi) is 4.42. The number of aromatic nitrogens is 1. The SMILES string of the molecule is Nc1noc2cc(COC3CCC(C(F)(F)F)CC3)c(Cl)cc12. The molecule has 1 aromatic carbocycles. The first-order valence-corrected chi connectivity index (χ1v) is 7.74. The summed E-state index contributed by atoms with van der Waals surface area (Å²) in [5.41, 5.74) is 6.86. The van der Waals surface area contributed by atoms with Crippen molar-refractivity contribution in [3.8, 4) is 0 Å². The number of nitrogens with zero attached hydrogens (tertiary/aromatic N) is 1. The maximum Gasteiger partial charge on any atom is 0.391 e. The Hall–Kier alpha value is -1.47. The molecule has 1 saturated carbocycles. The van der Waals surface area contributed by atoms with Crippen molar-refractivity contribution in [3.05, 3.63) is 22.7 Å². The Morgan fingerprint density at radius 3 is 2.61 bits per heavy atom. The molecule has 1 aliphatic rings. The van der Waals surface area contributed by atoms with Crippen molar-refractivity contribution >= 4 is 28.4 Å². The summed E-state index contributed by atoms with van der Waals surface area (Å²) < 4.78 is 48.7. The van der Waals surface area contributed by atoms with Crippen molar-refractivity contribution in [3.63, 3.8) is 0 Å². The fourth-order valence-corrected chi connectivity index (χ4v) is 3.11. The average Bonchev–Trinajstić information content (AvgIpc) is 2.85. The molecule has 1 fully saturated rings. The van der Waals surface area contributed by atoms with Gasteiger partial charge in [0.25, 0.3) is 0 Å². The predicted octanol–water partition coefficient (Wildman–Crippen LogP) is 4.70. The molecule has 3 rings (SSSR count). The third-order valence-corrected chi connectivity index (χ3v) is 4.63. The van der Waals surface area contributed by atoms with Gasteiger partial charge in [-0.15, -0.1) is 0 Å². The van der Waals surface area contributed by atoms with Crippen LogP contribution in [0.15, 0.2) is 16.7 Å². The molecule has 0 bridgehead atoms. The molecule has 0 spiro atoms. The molecule has 0 aliphatic heterocycles. The van der Waals surface area contributed by atoms with Gasteiger partial charge in [-0.1, -0.05) is 16.8 Å². The Bertz CT molecular complexity index is 694. The van der Waals surface area contributed by atoms with Crippen LogP contribution in [0, 0.1) is 5.92 Å². The number of nitrogens with two attached hydrogens (primary N) is 1. The normalized spacial score (nSPS) is 22.6. The van der Waals surface area contributed by atoms with Gasteiger partial charge < -0.3 is 15.0 Å². The first-order chi connectivity index (χ1) is 10.8. The number of nitrogen functional groups attached to an aromatic ring is 1. The molecular weight excluding hydrogens is 333 g/mol. The number of hydrogen-bond acceptors (Lipinski definition) is 4. The largest absolute Gasteiger partial charge is 0.391 e. The molecule has 0 atom stereocenters. The number of benzene rings is 1. The van der Waals surface area contributed by atoms with E-state index in [-0.39, 0.29) is 31.4 Å². The molecule has 2 aromatic rings. The molecule has 4 nitrogen and oxygen atoms in total. The summed E-state index contributed by atoms with van der Waals surface area (Å²) in [5.74, 6) is -0.945. The minimum absolute atomic E-state index is 0.111. The summed E-state index contributed by atoms with van der Waals surface area (Å²) in [5, 5.41) is 4.75. The van der Waals surface area contributed by atoms with E-state index in [1.54, 1.807) is 12.1 Å². The van der Waals surface area contributed by atoms with Crippen LogP contribution in [0.25, 0.3) is 11.0 Å². The minimum Gasteiger partial charge on any atom is -0.380 e. The van der Waals surface area contributed by atoms with Gasteiger partial charge in [-0.25, -0.2) is 0 Å². The summed E-state index contributed by atoms with van der Waals surface area (Å²) in [4.78, 5) is 0. The van der Waals surface area contributed by atoms with Crippen LogP contribution in [0.3, 0.4) is 0 Å². The standard InChI is InChI=1S/C15H16ClF3N2O2/c16-12-6-11-13(23-21-14(11)20)5-8(12)7-22-10-3-1-9(2-4-10)15(17,18)19/h5-6,9-10H,1-4,7H2,(H2,20,21). The van der Waals surface area contributed by atoms with E-state index in [0.717, 1.165) is 0 Å². The molecule has 126 valence electrons. The van der Waals surface area contributed by atoms with Crippen LogP contribution in [0.2, 0.25) is 5.02 Å². The van der Waals surface area contributed by atoms with Crippen LogP contribution in [0.4, 0.5) is 19.0 Å². The number of alkyl halides is 3. The van der Waals surface area contributed by atoms with Gasteiger partial charge in [0.05, 0.1) is 24.0 Å². The molecule has 0 radical (unpaired) electrons. The van der Waals surface area contributed by atoms with E-state index in [4.69, 9.17) is 26.6 Å². The number of halogens is 4. The molecule has 0 amide bonds. The monoisotopic (exact) mass is 348 g/mol. The van der Waals surface area contributed by atoms with Gasteiger partial charge in [-0.05, 0) is 37.8 Å². The second-order valence-electron chi connectivity index (χ2n) is 5.83. The van der Waals surface area contributed by atoms with Crippen LogP contribution in [0.1, 0.15) is 31.2 Å². The van der Waals surface area contributed by atoms with Crippen molar-refractivity contribution in [2.24, 2.45) is 5.92 Å². The van der Waals surface area contributed by atoms with Crippen molar-refractivity contribution in [2.45, 2.75) is 44.6 Å². The second-order valence-corrected chi connectivity index (χ2v) is 6.24. The summed E-state index contributed by atoms with van der Waals surface area (Å²) in [6, 6.07) is 3.35. The van der Waals surface area contributed by atoms with Gasteiger partial charge in [-0.3, -0.25) is 0 Å². The maximum absolute atomic E-state index is 12.6. The molecule has 2 N–H and O–H groups in total. The topological polar surface area (TPSA) is 61.3 Å². The third-order valence-electron chi connectivity index (χ3n) is 4.28. The number of rotatable bonds is 3. The zero-order valence-corrected chi connectivity index (χ0v) is 13.0. The highest BCUT2D eigenvalue weighted by molar-refractivity contribution is 6.32. The van der Waals surface area contributed by atoms with Gasteiger partial charge >= 0.3 is 6.18 Å². The van der Waals surface area contributed by atoms with Crippen LogP contribution >= 0.6 is 11.6 Å². The highest BCUT2D eigenvalue weighted by atomic mass is 35.5. The molecule has 1 aromatic heterocycles. The van der Waals surface area contributed by atoms with Gasteiger partial charge in [0.15, 0.2) is 11.4 Å². The average molecular weight is 349 g/mol. The summed E-state index contributed by atoms with van der Waals surface area (Å²) in [7, 11) is 0. The zero-order chi connectivity index (χ0) is 16.6. The number of anilines is 1. The van der Waals surface area contributed by atoms with Crippen LogP contribution in [-0.2, 0) is 11.3 Å². The van der Waals surface area contributed by atoms with Gasteiger partial charge in [-0.2, -0.15) is 13.2 Å². The summed E-state index contributed by atoms with van der Waals surface area (Å²) in [6.07, 6.45) is -3.26. The van der Waals surface area contributed by atoms with Crippen molar-refractivity contribution in [2.75, 3.05) is 5.73 Å². The first-order valence-electron chi connectivity index (χ1n) is 7.36. The molecule has 8 heteroatoms. The Labute approximate surface area is 135 Å². The lowest BCUT2D eigenvalue weighted by Gasteiger charge is -2.29. The van der Waals surface area contributed by atoms with E-state index in [1.807, 2.05) is 0 Å². The maximum atomic E-state index is 12.6. The van der Waals surface area contributed by atoms with E-state index < -0.39 is 12.1 Å². The van der Waals surface area contributed by atoms with Crippen LogP contribution in [-0.4, -0.2) is 17.4 Å². The molecule has 0 saturated heterocycles. The van der Waals surface area contributed by atoms with Crippen molar-refractivity contribution in [1.29, 1.82) is 0 Å². The smallest absolute Gasteiger partial charge is 0.380 e. The lowest BCUT2D eigenvalue weighted by molar-refractivity contribution is -0.188. The zero-order valence-electron chi connectivity index (χ0n) is 12.2. The van der Waals surface area contributed by atoms with Gasteiger partial charge in [0, 0.05) is 10.6 Å². The minimum atomic E-state index is -4.11. The van der Waals surface area contributed by atoms with E-state index in [1.165, 1.54) is 0 Å². The Morgan fingerprint density at radius 1 is 1.26 bits per heavy atom. The highest BCUT2D eigenvalue weighted by Gasteiger charge is 2.41. The van der Waals surface area contributed by atoms with Crippen molar-refractivity contribution in [1.82, 2.24) is 5.16 Å². The summed E-state index contributed by atoms with van der Waals surface area (Å²) in [6.45, 7) is 0.219. The summed E-state index contributed by atoms with van der Waals surface area (Å²) >= 11 is 6.18. The van der Waals surface area contributed by atoms with Gasteiger partial charge in [0.2, 0.25) is 0 Å². The molecular formula is C15H16ClF3N2O2. The van der Waals surface area contributed by atoms with Crippen molar-refractivity contribution < 1.29 is 22.4 Å². The first kappa shape index (κ1) is 16.4. The van der Waals surface area contributed by atoms with Crippen LogP contribution < -0.4 is 5.73 Å². The van der Waals surface area contributed by atoms with Crippen LogP contribution in [0.5, 0.6) is 0 Å². The molecule has 1 aliphatic carbocycles. The lowest BCUT2D eigenvalue weighted by atomic mass is 9.87. The van der Waals surface area contributed by atoms with E-state index in [0.29, 0.717) is 34.4 Å². The van der Waals surface area contributed by atoms with E-state index in [2.05, 4.69) is 5.16 Å². The molecule has 1 heterocycles. The highest BCUT2D eigenvalue weighted by Crippen LogP contribution is 2.38. The Balaban J connectivity index is 1.60. The third kappa shape index (κ3) is 3.55. The van der Waals surface area contributed by atoms with Gasteiger partial charge in [0.1, 0.15) is 0 Å². The molecule has 23 heavy (non-hydrogen) atoms. The number of fused-ring (bicyclic) bond motifs is 1. The van der Waals surface area contributed by atoms with E-state index in [9.17, 15) is 13.2 Å². The molecule has 0 unspecified atom stereocenters. The fraction of sp³-hybridized carbons (Fsp3) is 0.533. The predicted molar refractivity (Wildman–Crippen MR) is 80.0 cm³/mol. The number of hydrogen-bond donors (Lipinski definition) is 1. The number of ether oxygens (including phenoxy) is 1. The fourth-order valence-electron chi connectivity index (χ4n) is 2.89. The second kappa shape index (κ2) is 6.20.